The first kappa shape index (κ1) is 16.1. The van der Waals surface area contributed by atoms with Crippen molar-refractivity contribution in [3.05, 3.63) is 53.1 Å². The lowest BCUT2D eigenvalue weighted by Crippen LogP contribution is -2.26. The second-order valence-electron chi connectivity index (χ2n) is 6.22. The standard InChI is InChI=1S/C19H21N3O2/c1-12-8-13(2)10-17(9-12)21-19(24)20-16-5-4-15-6-7-22(14(3)23)18(15)11-16/h4-5,8-11H,6-7H2,1-3H3,(H2,20,21,24). The zero-order chi connectivity index (χ0) is 17.3. The minimum Gasteiger partial charge on any atom is -0.312 e. The number of nitrogens with zero attached hydrogens (tertiary/aromatic N) is 1. The maximum absolute atomic E-state index is 12.2. The molecule has 0 aliphatic carbocycles. The Morgan fingerprint density at radius 1 is 0.958 bits per heavy atom. The summed E-state index contributed by atoms with van der Waals surface area (Å²) < 4.78 is 0. The molecule has 0 bridgehead atoms. The van der Waals surface area contributed by atoms with Crippen LogP contribution in [0.3, 0.4) is 0 Å². The molecule has 0 saturated carbocycles. The Morgan fingerprint density at radius 2 is 1.62 bits per heavy atom. The maximum atomic E-state index is 12.2. The van der Waals surface area contributed by atoms with Gasteiger partial charge in [0.2, 0.25) is 5.91 Å². The molecule has 0 fully saturated rings. The molecule has 2 N–H and O–H groups in total. The van der Waals surface area contributed by atoms with Crippen molar-refractivity contribution in [2.24, 2.45) is 0 Å². The summed E-state index contributed by atoms with van der Waals surface area (Å²) in [4.78, 5) is 25.6. The highest BCUT2D eigenvalue weighted by Gasteiger charge is 2.22. The summed E-state index contributed by atoms with van der Waals surface area (Å²) in [5.41, 5.74) is 5.64. The van der Waals surface area contributed by atoms with Crippen LogP contribution in [0.1, 0.15) is 23.6 Å². The Labute approximate surface area is 141 Å². The number of amides is 3. The van der Waals surface area contributed by atoms with Gasteiger partial charge in [-0.25, -0.2) is 4.79 Å². The summed E-state index contributed by atoms with van der Waals surface area (Å²) >= 11 is 0. The van der Waals surface area contributed by atoms with Crippen molar-refractivity contribution in [2.75, 3.05) is 22.1 Å². The molecule has 0 spiro atoms. The van der Waals surface area contributed by atoms with Gasteiger partial charge in [-0.1, -0.05) is 12.1 Å². The zero-order valence-corrected chi connectivity index (χ0v) is 14.1. The second-order valence-corrected chi connectivity index (χ2v) is 6.22. The van der Waals surface area contributed by atoms with Crippen LogP contribution in [0, 0.1) is 13.8 Å². The Balaban J connectivity index is 1.73. The molecule has 0 saturated heterocycles. The van der Waals surface area contributed by atoms with E-state index in [1.807, 2.05) is 44.2 Å². The number of hydrogen-bond donors (Lipinski definition) is 2. The van der Waals surface area contributed by atoms with Crippen LogP contribution in [0.4, 0.5) is 21.9 Å². The van der Waals surface area contributed by atoms with Crippen molar-refractivity contribution >= 4 is 29.0 Å². The van der Waals surface area contributed by atoms with E-state index in [0.29, 0.717) is 12.2 Å². The van der Waals surface area contributed by atoms with Gasteiger partial charge in [0, 0.05) is 30.5 Å². The Morgan fingerprint density at radius 3 is 2.29 bits per heavy atom. The fraction of sp³-hybridized carbons (Fsp3) is 0.263. The van der Waals surface area contributed by atoms with E-state index in [-0.39, 0.29) is 11.9 Å². The summed E-state index contributed by atoms with van der Waals surface area (Å²) in [6.07, 6.45) is 0.851. The number of rotatable bonds is 2. The average molecular weight is 323 g/mol. The lowest BCUT2D eigenvalue weighted by Gasteiger charge is -2.16. The fourth-order valence-electron chi connectivity index (χ4n) is 3.12. The molecule has 1 heterocycles. The zero-order valence-electron chi connectivity index (χ0n) is 14.1. The Bertz CT molecular complexity index is 794. The molecular weight excluding hydrogens is 302 g/mol. The molecular formula is C19H21N3O2. The normalized spacial score (nSPS) is 12.7. The number of fused-ring (bicyclic) bond motifs is 1. The minimum absolute atomic E-state index is 0.0191. The molecule has 0 aromatic heterocycles. The van der Waals surface area contributed by atoms with Crippen LogP contribution >= 0.6 is 0 Å². The lowest BCUT2D eigenvalue weighted by molar-refractivity contribution is -0.116. The first-order valence-electron chi connectivity index (χ1n) is 8.00. The van der Waals surface area contributed by atoms with Gasteiger partial charge in [0.1, 0.15) is 0 Å². The summed E-state index contributed by atoms with van der Waals surface area (Å²) in [6.45, 7) is 6.24. The summed E-state index contributed by atoms with van der Waals surface area (Å²) in [5.74, 6) is 0.0191. The van der Waals surface area contributed by atoms with Gasteiger partial charge < -0.3 is 15.5 Å². The van der Waals surface area contributed by atoms with Crippen molar-refractivity contribution in [3.63, 3.8) is 0 Å². The van der Waals surface area contributed by atoms with E-state index in [1.165, 1.54) is 0 Å². The molecule has 2 aromatic rings. The third-order valence-corrected chi connectivity index (χ3v) is 4.10. The minimum atomic E-state index is -0.299. The second kappa shape index (κ2) is 6.35. The number of carbonyl (C=O) groups is 2. The lowest BCUT2D eigenvalue weighted by atomic mass is 10.1. The topological polar surface area (TPSA) is 61.4 Å². The van der Waals surface area contributed by atoms with Crippen molar-refractivity contribution in [2.45, 2.75) is 27.2 Å². The predicted octanol–water partition coefficient (Wildman–Crippen LogP) is 3.86. The average Bonchev–Trinajstić information content (AvgIpc) is 2.89. The van der Waals surface area contributed by atoms with E-state index in [1.54, 1.807) is 11.8 Å². The third kappa shape index (κ3) is 3.40. The van der Waals surface area contributed by atoms with E-state index in [9.17, 15) is 9.59 Å². The van der Waals surface area contributed by atoms with Gasteiger partial charge in [0.05, 0.1) is 0 Å². The van der Waals surface area contributed by atoms with Gasteiger partial charge in [-0.3, -0.25) is 4.79 Å². The number of benzene rings is 2. The quantitative estimate of drug-likeness (QED) is 0.881. The van der Waals surface area contributed by atoms with Crippen LogP contribution in [-0.2, 0) is 11.2 Å². The van der Waals surface area contributed by atoms with Crippen LogP contribution in [0.25, 0.3) is 0 Å². The molecule has 3 rings (SSSR count). The molecule has 0 unspecified atom stereocenters. The highest BCUT2D eigenvalue weighted by Crippen LogP contribution is 2.31. The number of nitrogens with one attached hydrogen (secondary N) is 2. The van der Waals surface area contributed by atoms with Crippen LogP contribution in [0.5, 0.6) is 0 Å². The number of anilines is 3. The number of carbonyl (C=O) groups excluding carboxylic acids is 2. The molecule has 0 radical (unpaired) electrons. The van der Waals surface area contributed by atoms with Gasteiger partial charge in [0.15, 0.2) is 0 Å². The predicted molar refractivity (Wildman–Crippen MR) is 96.7 cm³/mol. The highest BCUT2D eigenvalue weighted by atomic mass is 16.2. The maximum Gasteiger partial charge on any atom is 0.323 e. The largest absolute Gasteiger partial charge is 0.323 e. The molecule has 0 atom stereocenters. The van der Waals surface area contributed by atoms with Gasteiger partial charge >= 0.3 is 6.03 Å². The summed E-state index contributed by atoms with van der Waals surface area (Å²) in [6, 6.07) is 11.3. The molecule has 3 amide bonds. The Kier molecular flexibility index (Phi) is 4.25. The third-order valence-electron chi connectivity index (χ3n) is 4.10. The summed E-state index contributed by atoms with van der Waals surface area (Å²) in [7, 11) is 0. The van der Waals surface area contributed by atoms with Crippen molar-refractivity contribution in [3.8, 4) is 0 Å². The van der Waals surface area contributed by atoms with E-state index >= 15 is 0 Å². The molecule has 124 valence electrons. The van der Waals surface area contributed by atoms with Crippen LogP contribution in [0.15, 0.2) is 36.4 Å². The van der Waals surface area contributed by atoms with Crippen molar-refractivity contribution in [1.29, 1.82) is 0 Å². The van der Waals surface area contributed by atoms with E-state index in [0.717, 1.165) is 34.5 Å². The number of urea groups is 1. The SMILES string of the molecule is CC(=O)N1CCc2ccc(NC(=O)Nc3cc(C)cc(C)c3)cc21. The van der Waals surface area contributed by atoms with Gasteiger partial charge in [-0.15, -0.1) is 0 Å². The molecule has 2 aromatic carbocycles. The van der Waals surface area contributed by atoms with Crippen LogP contribution in [-0.4, -0.2) is 18.5 Å². The number of aryl methyl sites for hydroxylation is 2. The van der Waals surface area contributed by atoms with E-state index in [2.05, 4.69) is 16.7 Å². The molecule has 5 nitrogen and oxygen atoms in total. The molecule has 1 aliphatic heterocycles. The van der Waals surface area contributed by atoms with Gasteiger partial charge in [-0.2, -0.15) is 0 Å². The molecule has 5 heteroatoms. The van der Waals surface area contributed by atoms with Crippen LogP contribution in [0.2, 0.25) is 0 Å². The summed E-state index contributed by atoms with van der Waals surface area (Å²) in [5, 5.41) is 5.67. The fourth-order valence-corrected chi connectivity index (χ4v) is 3.12. The molecule has 24 heavy (non-hydrogen) atoms. The van der Waals surface area contributed by atoms with Crippen LogP contribution < -0.4 is 15.5 Å². The van der Waals surface area contributed by atoms with Gasteiger partial charge in [0.25, 0.3) is 0 Å². The first-order chi connectivity index (χ1) is 11.4. The number of hydrogen-bond acceptors (Lipinski definition) is 2. The highest BCUT2D eigenvalue weighted by molar-refractivity contribution is 6.01. The van der Waals surface area contributed by atoms with Gasteiger partial charge in [-0.05, 0) is 61.2 Å². The Hall–Kier alpha value is -2.82. The van der Waals surface area contributed by atoms with E-state index in [4.69, 9.17) is 0 Å². The van der Waals surface area contributed by atoms with Crippen molar-refractivity contribution < 1.29 is 9.59 Å². The monoisotopic (exact) mass is 323 g/mol. The molecule has 1 aliphatic rings. The van der Waals surface area contributed by atoms with Crippen molar-refractivity contribution in [1.82, 2.24) is 0 Å². The first-order valence-corrected chi connectivity index (χ1v) is 8.00. The smallest absolute Gasteiger partial charge is 0.312 e. The van der Waals surface area contributed by atoms with E-state index < -0.39 is 0 Å².